The molecule has 0 aliphatic rings. The molecule has 0 radical (unpaired) electrons. The largest absolute Gasteiger partial charge is 0.328 e. The molecule has 0 saturated carbocycles. The van der Waals surface area contributed by atoms with Crippen LogP contribution in [0.4, 0.5) is 4.39 Å². The van der Waals surface area contributed by atoms with Crippen LogP contribution in [0.25, 0.3) is 0 Å². The average Bonchev–Trinajstić information content (AvgIpc) is 2.10. The SMILES string of the molecule is CCCCCCCCC(F)CN. The number of hydrogen-bond donors (Lipinski definition) is 1. The molecule has 2 heteroatoms. The quantitative estimate of drug-likeness (QED) is 0.564. The lowest BCUT2D eigenvalue weighted by Gasteiger charge is -2.03. The molecule has 0 rings (SSSR count). The summed E-state index contributed by atoms with van der Waals surface area (Å²) in [5.41, 5.74) is 5.16. The minimum absolute atomic E-state index is 0.189. The van der Waals surface area contributed by atoms with Crippen LogP contribution in [0.1, 0.15) is 51.9 Å². The highest BCUT2D eigenvalue weighted by atomic mass is 19.1. The van der Waals surface area contributed by atoms with Crippen molar-refractivity contribution in [3.8, 4) is 0 Å². The van der Waals surface area contributed by atoms with E-state index in [1.807, 2.05) is 0 Å². The Bertz CT molecular complexity index is 85.9. The van der Waals surface area contributed by atoms with Crippen LogP contribution in [0.3, 0.4) is 0 Å². The summed E-state index contributed by atoms with van der Waals surface area (Å²) in [6.45, 7) is 2.39. The predicted molar refractivity (Wildman–Crippen MR) is 51.9 cm³/mol. The molecule has 0 aliphatic carbocycles. The summed E-state index contributed by atoms with van der Waals surface area (Å²) in [7, 11) is 0. The molecule has 0 heterocycles. The Hall–Kier alpha value is -0.110. The predicted octanol–water partition coefficient (Wildman–Crippen LogP) is 3.03. The lowest BCUT2D eigenvalue weighted by molar-refractivity contribution is 0.312. The second kappa shape index (κ2) is 8.98. The molecule has 0 fully saturated rings. The zero-order chi connectivity index (χ0) is 9.23. The highest BCUT2D eigenvalue weighted by molar-refractivity contribution is 4.56. The maximum Gasteiger partial charge on any atom is 0.112 e. The first-order valence-corrected chi connectivity index (χ1v) is 5.15. The van der Waals surface area contributed by atoms with E-state index >= 15 is 0 Å². The van der Waals surface area contributed by atoms with Gasteiger partial charge in [-0.3, -0.25) is 0 Å². The van der Waals surface area contributed by atoms with Crippen LogP contribution < -0.4 is 5.73 Å². The monoisotopic (exact) mass is 175 g/mol. The third-order valence-electron chi connectivity index (χ3n) is 2.13. The summed E-state index contributed by atoms with van der Waals surface area (Å²) in [6.07, 6.45) is 7.20. The third-order valence-corrected chi connectivity index (χ3v) is 2.13. The normalized spacial score (nSPS) is 13.2. The van der Waals surface area contributed by atoms with Crippen molar-refractivity contribution in [2.75, 3.05) is 6.54 Å². The molecular weight excluding hydrogens is 153 g/mol. The van der Waals surface area contributed by atoms with Crippen LogP contribution in [-0.4, -0.2) is 12.7 Å². The molecule has 74 valence electrons. The van der Waals surface area contributed by atoms with Gasteiger partial charge in [0.25, 0.3) is 0 Å². The van der Waals surface area contributed by atoms with Crippen LogP contribution >= 0.6 is 0 Å². The Labute approximate surface area is 75.5 Å². The van der Waals surface area contributed by atoms with E-state index in [4.69, 9.17) is 5.73 Å². The number of hydrogen-bond acceptors (Lipinski definition) is 1. The fourth-order valence-corrected chi connectivity index (χ4v) is 1.26. The molecule has 2 N–H and O–H groups in total. The van der Waals surface area contributed by atoms with Crippen molar-refractivity contribution in [3.63, 3.8) is 0 Å². The summed E-state index contributed by atoms with van der Waals surface area (Å²) < 4.78 is 12.6. The molecule has 1 unspecified atom stereocenters. The summed E-state index contributed by atoms with van der Waals surface area (Å²) in [5, 5.41) is 0. The van der Waals surface area contributed by atoms with Gasteiger partial charge in [0.05, 0.1) is 0 Å². The minimum atomic E-state index is -0.767. The Balaban J connectivity index is 2.90. The molecule has 0 saturated heterocycles. The highest BCUT2D eigenvalue weighted by Gasteiger charge is 2.01. The van der Waals surface area contributed by atoms with Gasteiger partial charge in [-0.15, -0.1) is 0 Å². The fraction of sp³-hybridized carbons (Fsp3) is 1.00. The molecule has 0 aromatic heterocycles. The van der Waals surface area contributed by atoms with Gasteiger partial charge in [0.15, 0.2) is 0 Å². The van der Waals surface area contributed by atoms with Crippen LogP contribution in [0.2, 0.25) is 0 Å². The number of rotatable bonds is 8. The van der Waals surface area contributed by atoms with E-state index in [2.05, 4.69) is 6.92 Å². The highest BCUT2D eigenvalue weighted by Crippen LogP contribution is 2.09. The van der Waals surface area contributed by atoms with Crippen LogP contribution in [0.15, 0.2) is 0 Å². The summed E-state index contributed by atoms with van der Waals surface area (Å²) in [5.74, 6) is 0. The lowest BCUT2D eigenvalue weighted by Crippen LogP contribution is -2.14. The molecular formula is C10H22FN. The topological polar surface area (TPSA) is 26.0 Å². The first kappa shape index (κ1) is 11.9. The Morgan fingerprint density at radius 2 is 1.67 bits per heavy atom. The van der Waals surface area contributed by atoms with Gasteiger partial charge in [-0.05, 0) is 6.42 Å². The van der Waals surface area contributed by atoms with E-state index in [1.165, 1.54) is 32.1 Å². The Morgan fingerprint density at radius 3 is 2.25 bits per heavy atom. The van der Waals surface area contributed by atoms with Crippen LogP contribution in [0.5, 0.6) is 0 Å². The van der Waals surface area contributed by atoms with E-state index in [9.17, 15) is 4.39 Å². The second-order valence-electron chi connectivity index (χ2n) is 3.39. The van der Waals surface area contributed by atoms with Gasteiger partial charge in [-0.1, -0.05) is 45.4 Å². The Kier molecular flexibility index (Phi) is 8.90. The number of unbranched alkanes of at least 4 members (excludes halogenated alkanes) is 5. The smallest absolute Gasteiger partial charge is 0.112 e. The third kappa shape index (κ3) is 7.99. The first-order chi connectivity index (χ1) is 5.81. The Morgan fingerprint density at radius 1 is 1.08 bits per heavy atom. The molecule has 0 bridgehead atoms. The molecule has 1 atom stereocenters. The standard InChI is InChI=1S/C10H22FN/c1-2-3-4-5-6-7-8-10(11)9-12/h10H,2-9,12H2,1H3. The van der Waals surface area contributed by atoms with E-state index in [-0.39, 0.29) is 6.54 Å². The number of alkyl halides is 1. The van der Waals surface area contributed by atoms with Crippen molar-refractivity contribution in [3.05, 3.63) is 0 Å². The van der Waals surface area contributed by atoms with Crippen molar-refractivity contribution >= 4 is 0 Å². The van der Waals surface area contributed by atoms with Gasteiger partial charge < -0.3 is 5.73 Å². The van der Waals surface area contributed by atoms with E-state index in [0.717, 1.165) is 6.42 Å². The average molecular weight is 175 g/mol. The maximum absolute atomic E-state index is 12.6. The first-order valence-electron chi connectivity index (χ1n) is 5.15. The minimum Gasteiger partial charge on any atom is -0.328 e. The van der Waals surface area contributed by atoms with Crippen molar-refractivity contribution in [2.45, 2.75) is 58.0 Å². The van der Waals surface area contributed by atoms with E-state index in [1.54, 1.807) is 0 Å². The zero-order valence-corrected chi connectivity index (χ0v) is 8.19. The summed E-state index contributed by atoms with van der Waals surface area (Å²) in [4.78, 5) is 0. The lowest BCUT2D eigenvalue weighted by atomic mass is 10.1. The molecule has 0 amide bonds. The van der Waals surface area contributed by atoms with Crippen LogP contribution in [0, 0.1) is 0 Å². The number of halogens is 1. The van der Waals surface area contributed by atoms with Crippen LogP contribution in [-0.2, 0) is 0 Å². The van der Waals surface area contributed by atoms with Crippen molar-refractivity contribution in [1.29, 1.82) is 0 Å². The molecule has 0 aliphatic heterocycles. The van der Waals surface area contributed by atoms with Gasteiger partial charge >= 0.3 is 0 Å². The van der Waals surface area contributed by atoms with Gasteiger partial charge in [-0.25, -0.2) is 4.39 Å². The van der Waals surface area contributed by atoms with E-state index < -0.39 is 6.17 Å². The van der Waals surface area contributed by atoms with Gasteiger partial charge in [0.2, 0.25) is 0 Å². The van der Waals surface area contributed by atoms with E-state index in [0.29, 0.717) is 6.42 Å². The molecule has 0 spiro atoms. The molecule has 0 aromatic carbocycles. The number of nitrogens with two attached hydrogens (primary N) is 1. The van der Waals surface area contributed by atoms with Gasteiger partial charge in [0.1, 0.15) is 6.17 Å². The molecule has 0 aromatic rings. The van der Waals surface area contributed by atoms with Gasteiger partial charge in [-0.2, -0.15) is 0 Å². The summed E-state index contributed by atoms with van der Waals surface area (Å²) in [6, 6.07) is 0. The maximum atomic E-state index is 12.6. The second-order valence-corrected chi connectivity index (χ2v) is 3.39. The van der Waals surface area contributed by atoms with Crippen molar-refractivity contribution < 1.29 is 4.39 Å². The van der Waals surface area contributed by atoms with Crippen molar-refractivity contribution in [2.24, 2.45) is 5.73 Å². The van der Waals surface area contributed by atoms with Gasteiger partial charge in [0, 0.05) is 6.54 Å². The zero-order valence-electron chi connectivity index (χ0n) is 8.19. The molecule has 12 heavy (non-hydrogen) atoms. The van der Waals surface area contributed by atoms with Crippen molar-refractivity contribution in [1.82, 2.24) is 0 Å². The fourth-order valence-electron chi connectivity index (χ4n) is 1.26. The summed E-state index contributed by atoms with van der Waals surface area (Å²) >= 11 is 0. The molecule has 1 nitrogen and oxygen atoms in total.